The van der Waals surface area contributed by atoms with Crippen molar-refractivity contribution in [1.29, 1.82) is 0 Å². The van der Waals surface area contributed by atoms with E-state index < -0.39 is 0 Å². The third-order valence-electron chi connectivity index (χ3n) is 3.19. The van der Waals surface area contributed by atoms with Crippen molar-refractivity contribution in [2.24, 2.45) is 5.92 Å². The van der Waals surface area contributed by atoms with E-state index in [0.717, 1.165) is 16.5 Å². The molecule has 1 N–H and O–H groups in total. The van der Waals surface area contributed by atoms with Gasteiger partial charge in [-0.3, -0.25) is 9.67 Å². The summed E-state index contributed by atoms with van der Waals surface area (Å²) in [6, 6.07) is 4.70. The number of rotatable bonds is 3. The van der Waals surface area contributed by atoms with E-state index in [2.05, 4.69) is 33.1 Å². The van der Waals surface area contributed by atoms with Crippen LogP contribution < -0.4 is 0 Å². The van der Waals surface area contributed by atoms with Gasteiger partial charge < -0.3 is 0 Å². The van der Waals surface area contributed by atoms with Crippen LogP contribution in [0.4, 0.5) is 0 Å². The van der Waals surface area contributed by atoms with Gasteiger partial charge in [0.1, 0.15) is 0 Å². The molecule has 0 bridgehead atoms. The number of nitrogens with zero attached hydrogens (tertiary/aromatic N) is 2. The van der Waals surface area contributed by atoms with Gasteiger partial charge in [-0.05, 0) is 36.0 Å². The van der Waals surface area contributed by atoms with Crippen LogP contribution in [0.3, 0.4) is 0 Å². The standard InChI is InChI=1S/C11H13N3S2/c1-2-7-6-8(7)14-10(12-13-11(14)15)9-4-3-5-16-9/h3-5,7-8H,2,6H2,1H3,(H,13,15). The first-order valence-electron chi connectivity index (χ1n) is 5.52. The second kappa shape index (κ2) is 3.82. The predicted octanol–water partition coefficient (Wildman–Crippen LogP) is 3.64. The molecular formula is C11H13N3S2. The van der Waals surface area contributed by atoms with Crippen LogP contribution in [-0.2, 0) is 0 Å². The van der Waals surface area contributed by atoms with Crippen LogP contribution in [0.5, 0.6) is 0 Å². The average Bonchev–Trinajstić information content (AvgIpc) is 2.72. The van der Waals surface area contributed by atoms with Gasteiger partial charge in [0.2, 0.25) is 0 Å². The Morgan fingerprint density at radius 3 is 3.19 bits per heavy atom. The zero-order valence-electron chi connectivity index (χ0n) is 9.01. The van der Waals surface area contributed by atoms with Crippen molar-refractivity contribution in [1.82, 2.24) is 14.8 Å². The van der Waals surface area contributed by atoms with Crippen LogP contribution in [0.15, 0.2) is 17.5 Å². The Hall–Kier alpha value is -0.940. The number of H-pyrrole nitrogens is 1. The number of hydrogen-bond donors (Lipinski definition) is 1. The lowest BCUT2D eigenvalue weighted by Gasteiger charge is -2.03. The topological polar surface area (TPSA) is 33.6 Å². The molecule has 16 heavy (non-hydrogen) atoms. The summed E-state index contributed by atoms with van der Waals surface area (Å²) in [4.78, 5) is 1.19. The summed E-state index contributed by atoms with van der Waals surface area (Å²) in [5, 5.41) is 9.33. The molecule has 1 saturated carbocycles. The molecule has 0 spiro atoms. The predicted molar refractivity (Wildman–Crippen MR) is 68.2 cm³/mol. The molecule has 2 heterocycles. The van der Waals surface area contributed by atoms with E-state index in [-0.39, 0.29) is 0 Å². The number of thiophene rings is 1. The molecule has 0 aromatic carbocycles. The molecule has 5 heteroatoms. The molecule has 2 aromatic heterocycles. The minimum Gasteiger partial charge on any atom is -0.296 e. The second-order valence-corrected chi connectivity index (χ2v) is 5.51. The minimum absolute atomic E-state index is 0.563. The van der Waals surface area contributed by atoms with Crippen molar-refractivity contribution in [3.05, 3.63) is 22.3 Å². The molecule has 1 aliphatic rings. The van der Waals surface area contributed by atoms with Crippen LogP contribution in [0.2, 0.25) is 0 Å². The molecule has 2 unspecified atom stereocenters. The maximum Gasteiger partial charge on any atom is 0.195 e. The third-order valence-corrected chi connectivity index (χ3v) is 4.34. The summed E-state index contributed by atoms with van der Waals surface area (Å²) >= 11 is 7.02. The Morgan fingerprint density at radius 1 is 1.69 bits per heavy atom. The first-order chi connectivity index (χ1) is 7.81. The fourth-order valence-corrected chi connectivity index (χ4v) is 3.16. The van der Waals surface area contributed by atoms with E-state index in [9.17, 15) is 0 Å². The van der Waals surface area contributed by atoms with E-state index in [1.54, 1.807) is 11.3 Å². The number of aromatic nitrogens is 3. The molecule has 3 nitrogen and oxygen atoms in total. The van der Waals surface area contributed by atoms with Crippen LogP contribution >= 0.6 is 23.6 Å². The molecule has 0 aliphatic heterocycles. The van der Waals surface area contributed by atoms with E-state index in [1.807, 2.05) is 6.07 Å². The molecule has 2 aromatic rings. The lowest BCUT2D eigenvalue weighted by Crippen LogP contribution is -1.98. The summed E-state index contributed by atoms with van der Waals surface area (Å²) in [7, 11) is 0. The Kier molecular flexibility index (Phi) is 2.44. The quantitative estimate of drug-likeness (QED) is 0.845. The van der Waals surface area contributed by atoms with Crippen molar-refractivity contribution in [3.8, 4) is 10.7 Å². The van der Waals surface area contributed by atoms with Crippen LogP contribution in [0.1, 0.15) is 25.8 Å². The number of aromatic amines is 1. The van der Waals surface area contributed by atoms with Crippen LogP contribution in [0.25, 0.3) is 10.7 Å². The zero-order chi connectivity index (χ0) is 11.1. The van der Waals surface area contributed by atoms with E-state index in [0.29, 0.717) is 6.04 Å². The maximum absolute atomic E-state index is 5.31. The first kappa shape index (κ1) is 10.2. The van der Waals surface area contributed by atoms with Crippen molar-refractivity contribution < 1.29 is 0 Å². The van der Waals surface area contributed by atoms with E-state index in [1.165, 1.54) is 17.7 Å². The van der Waals surface area contributed by atoms with Gasteiger partial charge in [0, 0.05) is 6.04 Å². The van der Waals surface area contributed by atoms with E-state index >= 15 is 0 Å². The summed E-state index contributed by atoms with van der Waals surface area (Å²) in [6.45, 7) is 2.24. The molecular weight excluding hydrogens is 238 g/mol. The fourth-order valence-electron chi connectivity index (χ4n) is 2.18. The molecule has 0 radical (unpaired) electrons. The Labute approximate surface area is 103 Å². The third kappa shape index (κ3) is 1.55. The smallest absolute Gasteiger partial charge is 0.195 e. The first-order valence-corrected chi connectivity index (χ1v) is 6.81. The lowest BCUT2D eigenvalue weighted by atomic mass is 10.3. The van der Waals surface area contributed by atoms with Gasteiger partial charge in [-0.25, -0.2) is 0 Å². The molecule has 3 rings (SSSR count). The average molecular weight is 251 g/mol. The Morgan fingerprint density at radius 2 is 2.56 bits per heavy atom. The van der Waals surface area contributed by atoms with Crippen LogP contribution in [0, 0.1) is 10.7 Å². The highest BCUT2D eigenvalue weighted by Crippen LogP contribution is 2.47. The van der Waals surface area contributed by atoms with E-state index in [4.69, 9.17) is 12.2 Å². The highest BCUT2D eigenvalue weighted by molar-refractivity contribution is 7.71. The van der Waals surface area contributed by atoms with Crippen molar-refractivity contribution in [3.63, 3.8) is 0 Å². The summed E-state index contributed by atoms with van der Waals surface area (Å²) < 4.78 is 2.94. The zero-order valence-corrected chi connectivity index (χ0v) is 10.6. The molecule has 1 fully saturated rings. The lowest BCUT2D eigenvalue weighted by molar-refractivity contribution is 0.638. The molecule has 2 atom stereocenters. The monoisotopic (exact) mass is 251 g/mol. The normalized spacial score (nSPS) is 23.6. The summed E-state index contributed by atoms with van der Waals surface area (Å²) in [5.41, 5.74) is 0. The number of hydrogen-bond acceptors (Lipinski definition) is 3. The molecule has 1 aliphatic carbocycles. The van der Waals surface area contributed by atoms with Gasteiger partial charge in [0.15, 0.2) is 10.6 Å². The van der Waals surface area contributed by atoms with Gasteiger partial charge in [-0.2, -0.15) is 5.10 Å². The van der Waals surface area contributed by atoms with Gasteiger partial charge in [-0.1, -0.05) is 19.4 Å². The number of nitrogens with one attached hydrogen (secondary N) is 1. The molecule has 84 valence electrons. The second-order valence-electron chi connectivity index (χ2n) is 4.17. The van der Waals surface area contributed by atoms with Crippen LogP contribution in [-0.4, -0.2) is 14.8 Å². The highest BCUT2D eigenvalue weighted by atomic mass is 32.1. The van der Waals surface area contributed by atoms with Crippen molar-refractivity contribution in [2.45, 2.75) is 25.8 Å². The van der Waals surface area contributed by atoms with Crippen molar-refractivity contribution in [2.75, 3.05) is 0 Å². The molecule has 0 saturated heterocycles. The van der Waals surface area contributed by atoms with Gasteiger partial charge in [0.05, 0.1) is 4.88 Å². The maximum atomic E-state index is 5.31. The summed E-state index contributed by atoms with van der Waals surface area (Å²) in [6.07, 6.45) is 2.46. The fraction of sp³-hybridized carbons (Fsp3) is 0.455. The Balaban J connectivity index is 2.04. The van der Waals surface area contributed by atoms with Crippen molar-refractivity contribution >= 4 is 23.6 Å². The molecule has 0 amide bonds. The largest absolute Gasteiger partial charge is 0.296 e. The summed E-state index contributed by atoms with van der Waals surface area (Å²) in [5.74, 6) is 1.78. The highest BCUT2D eigenvalue weighted by Gasteiger charge is 2.39. The minimum atomic E-state index is 0.563. The SMILES string of the molecule is CCC1CC1n1c(-c2cccs2)n[nH]c1=S. The van der Waals surface area contributed by atoms with Gasteiger partial charge in [0.25, 0.3) is 0 Å². The Bertz CT molecular complexity index is 538. The van der Waals surface area contributed by atoms with Gasteiger partial charge >= 0.3 is 0 Å². The van der Waals surface area contributed by atoms with Gasteiger partial charge in [-0.15, -0.1) is 11.3 Å².